The van der Waals surface area contributed by atoms with Crippen molar-refractivity contribution in [3.8, 4) is 0 Å². The van der Waals surface area contributed by atoms with Gasteiger partial charge in [-0.05, 0) is 71.4 Å². The zero-order valence-electron chi connectivity index (χ0n) is 12.3. The highest BCUT2D eigenvalue weighted by molar-refractivity contribution is 4.88. The van der Waals surface area contributed by atoms with E-state index in [0.717, 1.165) is 12.5 Å². The molecule has 3 heteroatoms. The molecule has 1 fully saturated rings. The SMILES string of the molecule is CC(C)C(CN)C(C1CCN(C)CC1)N(C)C. The van der Waals surface area contributed by atoms with E-state index in [1.807, 2.05) is 0 Å². The van der Waals surface area contributed by atoms with Gasteiger partial charge < -0.3 is 15.5 Å². The van der Waals surface area contributed by atoms with Crippen LogP contribution >= 0.6 is 0 Å². The van der Waals surface area contributed by atoms with E-state index in [9.17, 15) is 0 Å². The Morgan fingerprint density at radius 2 is 1.76 bits per heavy atom. The first kappa shape index (κ1) is 14.9. The summed E-state index contributed by atoms with van der Waals surface area (Å²) in [5.74, 6) is 2.11. The molecule has 2 atom stereocenters. The molecule has 0 amide bonds. The molecule has 0 aromatic carbocycles. The maximum atomic E-state index is 6.01. The summed E-state index contributed by atoms with van der Waals surface area (Å²) in [4.78, 5) is 4.85. The maximum absolute atomic E-state index is 6.01. The number of likely N-dealkylation sites (tertiary alicyclic amines) is 1. The van der Waals surface area contributed by atoms with E-state index in [4.69, 9.17) is 5.73 Å². The lowest BCUT2D eigenvalue weighted by Crippen LogP contribution is -2.49. The largest absolute Gasteiger partial charge is 0.330 e. The van der Waals surface area contributed by atoms with Gasteiger partial charge in [-0.15, -0.1) is 0 Å². The fourth-order valence-electron chi connectivity index (χ4n) is 3.33. The number of nitrogens with two attached hydrogens (primary N) is 1. The summed E-state index contributed by atoms with van der Waals surface area (Å²) in [5, 5.41) is 0. The molecule has 0 radical (unpaired) electrons. The molecular weight excluding hydrogens is 210 g/mol. The predicted octanol–water partition coefficient (Wildman–Crippen LogP) is 1.49. The lowest BCUT2D eigenvalue weighted by molar-refractivity contribution is 0.0741. The van der Waals surface area contributed by atoms with E-state index in [1.54, 1.807) is 0 Å². The van der Waals surface area contributed by atoms with Crippen molar-refractivity contribution in [3.63, 3.8) is 0 Å². The second-order valence-corrected chi connectivity index (χ2v) is 6.24. The van der Waals surface area contributed by atoms with Crippen molar-refractivity contribution in [2.45, 2.75) is 32.7 Å². The van der Waals surface area contributed by atoms with Crippen LogP contribution in [-0.4, -0.2) is 56.6 Å². The van der Waals surface area contributed by atoms with E-state index >= 15 is 0 Å². The van der Waals surface area contributed by atoms with Crippen LogP contribution in [0, 0.1) is 17.8 Å². The highest BCUT2D eigenvalue weighted by Crippen LogP contribution is 2.30. The zero-order valence-corrected chi connectivity index (χ0v) is 12.3. The molecule has 1 heterocycles. The van der Waals surface area contributed by atoms with Crippen molar-refractivity contribution in [2.24, 2.45) is 23.5 Å². The third-order valence-corrected chi connectivity index (χ3v) is 4.41. The normalized spacial score (nSPS) is 23.3. The van der Waals surface area contributed by atoms with Crippen LogP contribution < -0.4 is 5.73 Å². The average Bonchev–Trinajstić information content (AvgIpc) is 2.26. The minimum absolute atomic E-state index is 0.624. The highest BCUT2D eigenvalue weighted by Gasteiger charge is 2.33. The van der Waals surface area contributed by atoms with E-state index in [2.05, 4.69) is 44.8 Å². The van der Waals surface area contributed by atoms with Gasteiger partial charge in [0, 0.05) is 6.04 Å². The van der Waals surface area contributed by atoms with Crippen molar-refractivity contribution in [2.75, 3.05) is 40.8 Å². The summed E-state index contributed by atoms with van der Waals surface area (Å²) in [5.41, 5.74) is 6.01. The minimum Gasteiger partial charge on any atom is -0.330 e. The summed E-state index contributed by atoms with van der Waals surface area (Å²) in [6.07, 6.45) is 2.64. The molecule has 102 valence electrons. The highest BCUT2D eigenvalue weighted by atomic mass is 15.1. The first-order chi connectivity index (χ1) is 7.97. The van der Waals surface area contributed by atoms with Gasteiger partial charge in [0.05, 0.1) is 0 Å². The molecule has 0 spiro atoms. The molecular formula is C14H31N3. The smallest absolute Gasteiger partial charge is 0.0161 e. The number of nitrogens with zero attached hydrogens (tertiary/aromatic N) is 2. The van der Waals surface area contributed by atoms with E-state index < -0.39 is 0 Å². The van der Waals surface area contributed by atoms with Gasteiger partial charge in [-0.2, -0.15) is 0 Å². The Hall–Kier alpha value is -0.120. The Kier molecular flexibility index (Phi) is 5.90. The van der Waals surface area contributed by atoms with Gasteiger partial charge in [-0.25, -0.2) is 0 Å². The molecule has 1 saturated heterocycles. The Morgan fingerprint density at radius 1 is 1.24 bits per heavy atom. The second kappa shape index (κ2) is 6.72. The van der Waals surface area contributed by atoms with Crippen LogP contribution in [0.15, 0.2) is 0 Å². The number of hydrogen-bond donors (Lipinski definition) is 1. The zero-order chi connectivity index (χ0) is 13.0. The topological polar surface area (TPSA) is 32.5 Å². The van der Waals surface area contributed by atoms with Crippen molar-refractivity contribution >= 4 is 0 Å². The van der Waals surface area contributed by atoms with Gasteiger partial charge in [-0.3, -0.25) is 0 Å². The summed E-state index contributed by atoms with van der Waals surface area (Å²) in [6, 6.07) is 0.647. The molecule has 3 nitrogen and oxygen atoms in total. The average molecular weight is 241 g/mol. The monoisotopic (exact) mass is 241 g/mol. The lowest BCUT2D eigenvalue weighted by atomic mass is 9.77. The second-order valence-electron chi connectivity index (χ2n) is 6.24. The predicted molar refractivity (Wildman–Crippen MR) is 75.1 cm³/mol. The molecule has 2 unspecified atom stereocenters. The molecule has 1 aliphatic heterocycles. The van der Waals surface area contributed by atoms with E-state index in [0.29, 0.717) is 17.9 Å². The fraction of sp³-hybridized carbons (Fsp3) is 1.00. The molecule has 0 aliphatic carbocycles. The van der Waals surface area contributed by atoms with Gasteiger partial charge in [0.1, 0.15) is 0 Å². The number of piperidine rings is 1. The molecule has 0 aromatic heterocycles. The molecule has 0 bridgehead atoms. The maximum Gasteiger partial charge on any atom is 0.0161 e. The lowest BCUT2D eigenvalue weighted by Gasteiger charge is -2.43. The summed E-state index contributed by atoms with van der Waals surface area (Å²) < 4.78 is 0. The van der Waals surface area contributed by atoms with Gasteiger partial charge in [-0.1, -0.05) is 13.8 Å². The van der Waals surface area contributed by atoms with Gasteiger partial charge >= 0.3 is 0 Å². The molecule has 0 saturated carbocycles. The Bertz CT molecular complexity index is 208. The van der Waals surface area contributed by atoms with Crippen LogP contribution in [-0.2, 0) is 0 Å². The third-order valence-electron chi connectivity index (χ3n) is 4.41. The minimum atomic E-state index is 0.624. The van der Waals surface area contributed by atoms with Crippen molar-refractivity contribution in [1.29, 1.82) is 0 Å². The van der Waals surface area contributed by atoms with E-state index in [-0.39, 0.29) is 0 Å². The van der Waals surface area contributed by atoms with Crippen LogP contribution in [0.2, 0.25) is 0 Å². The van der Waals surface area contributed by atoms with Crippen molar-refractivity contribution < 1.29 is 0 Å². The van der Waals surface area contributed by atoms with Crippen LogP contribution in [0.25, 0.3) is 0 Å². The van der Waals surface area contributed by atoms with E-state index in [1.165, 1.54) is 25.9 Å². The van der Waals surface area contributed by atoms with Crippen molar-refractivity contribution in [3.05, 3.63) is 0 Å². The van der Waals surface area contributed by atoms with Crippen molar-refractivity contribution in [1.82, 2.24) is 9.80 Å². The van der Waals surface area contributed by atoms with Crippen LogP contribution in [0.1, 0.15) is 26.7 Å². The van der Waals surface area contributed by atoms with Crippen LogP contribution in [0.5, 0.6) is 0 Å². The Balaban J connectivity index is 2.71. The van der Waals surface area contributed by atoms with Crippen LogP contribution in [0.3, 0.4) is 0 Å². The molecule has 0 aromatic rings. The molecule has 1 rings (SSSR count). The van der Waals surface area contributed by atoms with Gasteiger partial charge in [0.25, 0.3) is 0 Å². The van der Waals surface area contributed by atoms with Crippen LogP contribution in [0.4, 0.5) is 0 Å². The van der Waals surface area contributed by atoms with Gasteiger partial charge in [0.2, 0.25) is 0 Å². The summed E-state index contributed by atoms with van der Waals surface area (Å²) in [6.45, 7) is 7.91. The Labute approximate surface area is 107 Å². The molecule has 1 aliphatic rings. The first-order valence-corrected chi connectivity index (χ1v) is 7.02. The molecule has 17 heavy (non-hydrogen) atoms. The number of hydrogen-bond acceptors (Lipinski definition) is 3. The fourth-order valence-corrected chi connectivity index (χ4v) is 3.33. The summed E-state index contributed by atoms with van der Waals surface area (Å²) >= 11 is 0. The first-order valence-electron chi connectivity index (χ1n) is 7.02. The Morgan fingerprint density at radius 3 is 2.12 bits per heavy atom. The standard InChI is InChI=1S/C14H31N3/c1-11(2)13(10-15)14(16(3)4)12-6-8-17(5)9-7-12/h11-14H,6-10,15H2,1-5H3. The van der Waals surface area contributed by atoms with Gasteiger partial charge in [0.15, 0.2) is 0 Å². The molecule has 2 N–H and O–H groups in total. The third kappa shape index (κ3) is 3.94. The number of rotatable bonds is 5. The quantitative estimate of drug-likeness (QED) is 0.791. The summed E-state index contributed by atoms with van der Waals surface area (Å²) in [7, 11) is 6.66.